The SMILES string of the molecule is O=CNc1ccccc1OCc1ccccc1C(=O)O. The summed E-state index contributed by atoms with van der Waals surface area (Å²) in [6.45, 7) is 0.111. The summed E-state index contributed by atoms with van der Waals surface area (Å²) in [7, 11) is 0. The summed E-state index contributed by atoms with van der Waals surface area (Å²) in [5, 5.41) is 11.6. The Bertz CT molecular complexity index is 625. The Morgan fingerprint density at radius 2 is 1.85 bits per heavy atom. The molecule has 0 aliphatic carbocycles. The Kier molecular flexibility index (Phi) is 4.34. The molecule has 2 rings (SSSR count). The highest BCUT2D eigenvalue weighted by atomic mass is 16.5. The first-order valence-electron chi connectivity index (χ1n) is 5.95. The number of hydrogen-bond donors (Lipinski definition) is 2. The summed E-state index contributed by atoms with van der Waals surface area (Å²) in [4.78, 5) is 21.6. The predicted molar refractivity (Wildman–Crippen MR) is 73.9 cm³/mol. The van der Waals surface area contributed by atoms with Crippen molar-refractivity contribution in [3.8, 4) is 5.75 Å². The second kappa shape index (κ2) is 6.38. The third-order valence-electron chi connectivity index (χ3n) is 2.73. The first kappa shape index (κ1) is 13.6. The Balaban J connectivity index is 2.17. The van der Waals surface area contributed by atoms with Crippen molar-refractivity contribution in [1.29, 1.82) is 0 Å². The van der Waals surface area contributed by atoms with Crippen LogP contribution in [-0.2, 0) is 11.4 Å². The van der Waals surface area contributed by atoms with Crippen LogP contribution in [0, 0.1) is 0 Å². The second-order valence-corrected chi connectivity index (χ2v) is 4.01. The van der Waals surface area contributed by atoms with Gasteiger partial charge in [0.1, 0.15) is 12.4 Å². The van der Waals surface area contributed by atoms with Gasteiger partial charge in [0.05, 0.1) is 11.3 Å². The van der Waals surface area contributed by atoms with Crippen molar-refractivity contribution < 1.29 is 19.4 Å². The molecule has 5 nitrogen and oxygen atoms in total. The second-order valence-electron chi connectivity index (χ2n) is 4.01. The molecule has 0 bridgehead atoms. The lowest BCUT2D eigenvalue weighted by Crippen LogP contribution is -2.06. The zero-order chi connectivity index (χ0) is 14.4. The molecule has 0 heterocycles. The maximum atomic E-state index is 11.1. The highest BCUT2D eigenvalue weighted by molar-refractivity contribution is 5.89. The lowest BCUT2D eigenvalue weighted by atomic mass is 10.1. The van der Waals surface area contributed by atoms with Crippen molar-refractivity contribution in [1.82, 2.24) is 0 Å². The van der Waals surface area contributed by atoms with Gasteiger partial charge in [-0.05, 0) is 18.2 Å². The van der Waals surface area contributed by atoms with E-state index in [0.29, 0.717) is 23.4 Å². The van der Waals surface area contributed by atoms with Gasteiger partial charge in [0.25, 0.3) is 0 Å². The summed E-state index contributed by atoms with van der Waals surface area (Å²) < 4.78 is 5.58. The molecular formula is C15H13NO4. The number of nitrogens with one attached hydrogen (secondary N) is 1. The minimum Gasteiger partial charge on any atom is -0.487 e. The highest BCUT2D eigenvalue weighted by Crippen LogP contribution is 2.24. The van der Waals surface area contributed by atoms with Crippen LogP contribution in [0.1, 0.15) is 15.9 Å². The number of anilines is 1. The normalized spacial score (nSPS) is 9.80. The van der Waals surface area contributed by atoms with Gasteiger partial charge < -0.3 is 15.2 Å². The molecule has 1 amide bonds. The molecule has 102 valence electrons. The number of rotatable bonds is 6. The summed E-state index contributed by atoms with van der Waals surface area (Å²) >= 11 is 0. The van der Waals surface area contributed by atoms with E-state index in [1.54, 1.807) is 42.5 Å². The molecule has 0 aliphatic rings. The minimum absolute atomic E-state index is 0.111. The molecule has 2 aromatic carbocycles. The standard InChI is InChI=1S/C15H13NO4/c17-10-16-13-7-3-4-8-14(13)20-9-11-5-1-2-6-12(11)15(18)19/h1-8,10H,9H2,(H,16,17)(H,18,19). The summed E-state index contributed by atoms with van der Waals surface area (Å²) in [5.41, 5.74) is 1.31. The third-order valence-corrected chi connectivity index (χ3v) is 2.73. The maximum Gasteiger partial charge on any atom is 0.336 e. The van der Waals surface area contributed by atoms with Crippen LogP contribution in [0.4, 0.5) is 5.69 Å². The van der Waals surface area contributed by atoms with Crippen molar-refractivity contribution in [3.63, 3.8) is 0 Å². The van der Waals surface area contributed by atoms with E-state index in [4.69, 9.17) is 9.84 Å². The topological polar surface area (TPSA) is 75.6 Å². The lowest BCUT2D eigenvalue weighted by Gasteiger charge is -2.11. The van der Waals surface area contributed by atoms with Gasteiger partial charge in [-0.2, -0.15) is 0 Å². The molecule has 0 fully saturated rings. The quantitative estimate of drug-likeness (QED) is 0.792. The number of carbonyl (C=O) groups excluding carboxylic acids is 1. The van der Waals surface area contributed by atoms with E-state index in [1.165, 1.54) is 6.07 Å². The Morgan fingerprint density at radius 3 is 2.60 bits per heavy atom. The lowest BCUT2D eigenvalue weighted by molar-refractivity contribution is -0.105. The average Bonchev–Trinajstić information content (AvgIpc) is 2.47. The van der Waals surface area contributed by atoms with Gasteiger partial charge in [0, 0.05) is 5.56 Å². The molecule has 0 unspecified atom stereocenters. The molecular weight excluding hydrogens is 258 g/mol. The predicted octanol–water partition coefficient (Wildman–Crippen LogP) is 2.53. The van der Waals surface area contributed by atoms with Gasteiger partial charge in [-0.3, -0.25) is 4.79 Å². The van der Waals surface area contributed by atoms with E-state index in [9.17, 15) is 9.59 Å². The third kappa shape index (κ3) is 3.14. The zero-order valence-electron chi connectivity index (χ0n) is 10.6. The first-order valence-corrected chi connectivity index (χ1v) is 5.95. The number of carboxylic acids is 1. The van der Waals surface area contributed by atoms with Crippen LogP contribution < -0.4 is 10.1 Å². The van der Waals surface area contributed by atoms with Gasteiger partial charge in [-0.1, -0.05) is 30.3 Å². The molecule has 0 saturated carbocycles. The number of carbonyl (C=O) groups is 2. The van der Waals surface area contributed by atoms with E-state index >= 15 is 0 Å². The van der Waals surface area contributed by atoms with Gasteiger partial charge in [0.2, 0.25) is 6.41 Å². The monoisotopic (exact) mass is 271 g/mol. The van der Waals surface area contributed by atoms with E-state index in [1.807, 2.05) is 0 Å². The number of ether oxygens (including phenoxy) is 1. The zero-order valence-corrected chi connectivity index (χ0v) is 10.6. The van der Waals surface area contributed by atoms with E-state index in [0.717, 1.165) is 0 Å². The number of amides is 1. The number of hydrogen-bond acceptors (Lipinski definition) is 3. The summed E-state index contributed by atoms with van der Waals surface area (Å²) in [5.74, 6) is -0.511. The average molecular weight is 271 g/mol. The molecule has 0 aromatic heterocycles. The molecule has 2 aromatic rings. The largest absolute Gasteiger partial charge is 0.487 e. The van der Waals surface area contributed by atoms with Crippen LogP contribution in [0.15, 0.2) is 48.5 Å². The fraction of sp³-hybridized carbons (Fsp3) is 0.0667. The van der Waals surface area contributed by atoms with Crippen molar-refractivity contribution in [3.05, 3.63) is 59.7 Å². The van der Waals surface area contributed by atoms with Crippen molar-refractivity contribution >= 4 is 18.1 Å². The molecule has 5 heteroatoms. The van der Waals surface area contributed by atoms with Crippen LogP contribution in [0.2, 0.25) is 0 Å². The van der Waals surface area contributed by atoms with Crippen LogP contribution >= 0.6 is 0 Å². The molecule has 0 aliphatic heterocycles. The Morgan fingerprint density at radius 1 is 1.15 bits per heavy atom. The van der Waals surface area contributed by atoms with Gasteiger partial charge >= 0.3 is 5.97 Å². The van der Waals surface area contributed by atoms with Crippen LogP contribution in [0.3, 0.4) is 0 Å². The summed E-state index contributed by atoms with van der Waals surface area (Å²) in [6, 6.07) is 13.6. The Labute approximate surface area is 115 Å². The number of para-hydroxylation sites is 2. The first-order chi connectivity index (χ1) is 9.72. The Hall–Kier alpha value is -2.82. The highest BCUT2D eigenvalue weighted by Gasteiger charge is 2.10. The van der Waals surface area contributed by atoms with Crippen LogP contribution in [0.25, 0.3) is 0 Å². The smallest absolute Gasteiger partial charge is 0.336 e. The molecule has 0 saturated heterocycles. The number of benzene rings is 2. The van der Waals surface area contributed by atoms with Gasteiger partial charge in [-0.25, -0.2) is 4.79 Å². The van der Waals surface area contributed by atoms with Crippen molar-refractivity contribution in [2.24, 2.45) is 0 Å². The maximum absolute atomic E-state index is 11.1. The van der Waals surface area contributed by atoms with Crippen LogP contribution in [-0.4, -0.2) is 17.5 Å². The molecule has 0 atom stereocenters. The van der Waals surface area contributed by atoms with E-state index in [-0.39, 0.29) is 12.2 Å². The van der Waals surface area contributed by atoms with Crippen molar-refractivity contribution in [2.45, 2.75) is 6.61 Å². The van der Waals surface area contributed by atoms with Crippen LogP contribution in [0.5, 0.6) is 5.75 Å². The van der Waals surface area contributed by atoms with Gasteiger partial charge in [0.15, 0.2) is 0 Å². The molecule has 0 spiro atoms. The number of aromatic carboxylic acids is 1. The van der Waals surface area contributed by atoms with E-state index in [2.05, 4.69) is 5.32 Å². The fourth-order valence-electron chi connectivity index (χ4n) is 1.79. The summed E-state index contributed by atoms with van der Waals surface area (Å²) in [6.07, 6.45) is 0.563. The number of carboxylic acid groups (broad SMARTS) is 1. The molecule has 20 heavy (non-hydrogen) atoms. The minimum atomic E-state index is -0.997. The van der Waals surface area contributed by atoms with Gasteiger partial charge in [-0.15, -0.1) is 0 Å². The molecule has 0 radical (unpaired) electrons. The van der Waals surface area contributed by atoms with E-state index < -0.39 is 5.97 Å². The van der Waals surface area contributed by atoms with Crippen molar-refractivity contribution in [2.75, 3.05) is 5.32 Å². The molecule has 2 N–H and O–H groups in total. The fourth-order valence-corrected chi connectivity index (χ4v) is 1.79.